The molecule has 3 heteroatoms. The topological polar surface area (TPSA) is 49.3 Å². The molecule has 0 radical (unpaired) electrons. The minimum atomic E-state index is -0.212. The Morgan fingerprint density at radius 1 is 1.06 bits per heavy atom. The number of hydrogen-bond donors (Lipinski definition) is 2. The second-order valence-electron chi connectivity index (χ2n) is 5.97. The first-order valence-corrected chi connectivity index (χ1v) is 7.39. The van der Waals surface area contributed by atoms with Crippen LogP contribution >= 0.6 is 0 Å². The Kier molecular flexibility index (Phi) is 10.0. The highest BCUT2D eigenvalue weighted by molar-refractivity contribution is 5.75. The van der Waals surface area contributed by atoms with Crippen molar-refractivity contribution in [3.63, 3.8) is 0 Å². The predicted molar refractivity (Wildman–Crippen MR) is 76.5 cm³/mol. The molecule has 1 amide bonds. The number of aliphatic hydroxyl groups excluding tert-OH is 1. The summed E-state index contributed by atoms with van der Waals surface area (Å²) < 4.78 is 0. The van der Waals surface area contributed by atoms with Crippen LogP contribution in [0.3, 0.4) is 0 Å². The zero-order chi connectivity index (χ0) is 13.9. The van der Waals surface area contributed by atoms with Crippen LogP contribution in [0.5, 0.6) is 0 Å². The van der Waals surface area contributed by atoms with E-state index in [1.165, 1.54) is 32.1 Å². The van der Waals surface area contributed by atoms with Crippen LogP contribution in [0, 0.1) is 5.41 Å². The van der Waals surface area contributed by atoms with Gasteiger partial charge in [-0.1, -0.05) is 59.3 Å². The van der Waals surface area contributed by atoms with Gasteiger partial charge in [0.05, 0.1) is 0 Å². The molecule has 0 aromatic carbocycles. The van der Waals surface area contributed by atoms with Crippen molar-refractivity contribution in [2.24, 2.45) is 5.41 Å². The van der Waals surface area contributed by atoms with Gasteiger partial charge in [-0.15, -0.1) is 0 Å². The van der Waals surface area contributed by atoms with E-state index in [1.54, 1.807) is 0 Å². The summed E-state index contributed by atoms with van der Waals surface area (Å²) in [4.78, 5) is 11.5. The lowest BCUT2D eigenvalue weighted by molar-refractivity contribution is -0.121. The number of amides is 1. The highest BCUT2D eigenvalue weighted by Gasteiger charge is 2.16. The van der Waals surface area contributed by atoms with E-state index in [1.807, 2.05) is 13.8 Å². The van der Waals surface area contributed by atoms with Crippen molar-refractivity contribution in [2.45, 2.75) is 72.1 Å². The van der Waals surface area contributed by atoms with Crippen LogP contribution in [-0.2, 0) is 4.79 Å². The third kappa shape index (κ3) is 10.6. The molecule has 0 aromatic rings. The molecule has 0 unspecified atom stereocenters. The normalized spacial score (nSPS) is 11.6. The summed E-state index contributed by atoms with van der Waals surface area (Å²) in [6, 6.07) is 0. The van der Waals surface area contributed by atoms with Gasteiger partial charge in [-0.25, -0.2) is 0 Å². The quantitative estimate of drug-likeness (QED) is 0.558. The molecule has 2 N–H and O–H groups in total. The van der Waals surface area contributed by atoms with Crippen molar-refractivity contribution in [3.05, 3.63) is 0 Å². The van der Waals surface area contributed by atoms with Gasteiger partial charge in [0.1, 0.15) is 0 Å². The SMILES string of the molecule is CCCCCCCCCC(=O)NCC(C)(C)CO. The van der Waals surface area contributed by atoms with Gasteiger partial charge in [0.2, 0.25) is 5.91 Å². The van der Waals surface area contributed by atoms with E-state index in [-0.39, 0.29) is 17.9 Å². The Hall–Kier alpha value is -0.570. The molecule has 0 aliphatic carbocycles. The molecule has 0 aromatic heterocycles. The number of carbonyl (C=O) groups is 1. The van der Waals surface area contributed by atoms with Gasteiger partial charge in [-0.2, -0.15) is 0 Å². The molecule has 0 bridgehead atoms. The Morgan fingerprint density at radius 3 is 2.17 bits per heavy atom. The van der Waals surface area contributed by atoms with E-state index in [2.05, 4.69) is 12.2 Å². The molecule has 0 atom stereocenters. The maximum absolute atomic E-state index is 11.5. The first-order chi connectivity index (χ1) is 8.52. The fraction of sp³-hybridized carbons (Fsp3) is 0.933. The minimum absolute atomic E-state index is 0.102. The third-order valence-corrected chi connectivity index (χ3v) is 3.20. The maximum atomic E-state index is 11.5. The predicted octanol–water partition coefficient (Wildman–Crippen LogP) is 3.26. The molecule has 0 saturated heterocycles. The number of aliphatic hydroxyl groups is 1. The summed E-state index contributed by atoms with van der Waals surface area (Å²) in [6.07, 6.45) is 9.24. The highest BCUT2D eigenvalue weighted by Crippen LogP contribution is 2.12. The van der Waals surface area contributed by atoms with Gasteiger partial charge in [0.25, 0.3) is 0 Å². The average Bonchev–Trinajstić information content (AvgIpc) is 2.35. The minimum Gasteiger partial charge on any atom is -0.396 e. The molecular weight excluding hydrogens is 226 g/mol. The van der Waals surface area contributed by atoms with E-state index >= 15 is 0 Å². The fourth-order valence-electron chi connectivity index (χ4n) is 1.72. The Morgan fingerprint density at radius 2 is 1.61 bits per heavy atom. The van der Waals surface area contributed by atoms with Gasteiger partial charge in [-0.05, 0) is 6.42 Å². The van der Waals surface area contributed by atoms with E-state index in [9.17, 15) is 4.79 Å². The van der Waals surface area contributed by atoms with Gasteiger partial charge < -0.3 is 10.4 Å². The molecule has 3 nitrogen and oxygen atoms in total. The molecule has 0 aliphatic heterocycles. The summed E-state index contributed by atoms with van der Waals surface area (Å²) in [5, 5.41) is 12.0. The largest absolute Gasteiger partial charge is 0.396 e. The highest BCUT2D eigenvalue weighted by atomic mass is 16.3. The summed E-state index contributed by atoms with van der Waals surface area (Å²) >= 11 is 0. The first-order valence-electron chi connectivity index (χ1n) is 7.39. The summed E-state index contributed by atoms with van der Waals surface area (Å²) in [5.74, 6) is 0.116. The molecule has 18 heavy (non-hydrogen) atoms. The Labute approximate surface area is 112 Å². The Balaban J connectivity index is 3.38. The molecule has 108 valence electrons. The second-order valence-corrected chi connectivity index (χ2v) is 5.97. The van der Waals surface area contributed by atoms with Crippen LogP contribution in [0.2, 0.25) is 0 Å². The fourth-order valence-corrected chi connectivity index (χ4v) is 1.72. The monoisotopic (exact) mass is 257 g/mol. The molecule has 0 spiro atoms. The van der Waals surface area contributed by atoms with E-state index < -0.39 is 0 Å². The van der Waals surface area contributed by atoms with Crippen molar-refractivity contribution in [1.82, 2.24) is 5.32 Å². The molecule has 0 rings (SSSR count). The van der Waals surface area contributed by atoms with Crippen LogP contribution in [-0.4, -0.2) is 24.2 Å². The van der Waals surface area contributed by atoms with Crippen LogP contribution in [0.15, 0.2) is 0 Å². The van der Waals surface area contributed by atoms with Gasteiger partial charge in [0, 0.05) is 25.0 Å². The van der Waals surface area contributed by atoms with Gasteiger partial charge in [-0.3, -0.25) is 4.79 Å². The molecule has 0 aliphatic rings. The zero-order valence-corrected chi connectivity index (χ0v) is 12.4. The van der Waals surface area contributed by atoms with Crippen LogP contribution in [0.1, 0.15) is 72.1 Å². The molecular formula is C15H31NO2. The number of carbonyl (C=O) groups excluding carboxylic acids is 1. The summed E-state index contributed by atoms with van der Waals surface area (Å²) in [6.45, 7) is 6.77. The number of hydrogen-bond acceptors (Lipinski definition) is 2. The zero-order valence-electron chi connectivity index (χ0n) is 12.4. The van der Waals surface area contributed by atoms with Crippen molar-refractivity contribution >= 4 is 5.91 Å². The van der Waals surface area contributed by atoms with E-state index in [0.29, 0.717) is 13.0 Å². The van der Waals surface area contributed by atoms with Crippen molar-refractivity contribution in [3.8, 4) is 0 Å². The lowest BCUT2D eigenvalue weighted by Crippen LogP contribution is -2.35. The average molecular weight is 257 g/mol. The number of rotatable bonds is 11. The number of nitrogens with one attached hydrogen (secondary N) is 1. The van der Waals surface area contributed by atoms with Crippen molar-refractivity contribution in [2.75, 3.05) is 13.2 Å². The van der Waals surface area contributed by atoms with E-state index in [0.717, 1.165) is 12.8 Å². The second kappa shape index (κ2) is 10.4. The molecule has 0 heterocycles. The smallest absolute Gasteiger partial charge is 0.220 e. The van der Waals surface area contributed by atoms with E-state index in [4.69, 9.17) is 5.11 Å². The summed E-state index contributed by atoms with van der Waals surface area (Å²) in [7, 11) is 0. The van der Waals surface area contributed by atoms with Crippen LogP contribution in [0.25, 0.3) is 0 Å². The Bertz CT molecular complexity index is 215. The molecule has 0 fully saturated rings. The third-order valence-electron chi connectivity index (χ3n) is 3.20. The standard InChI is InChI=1S/C15H31NO2/c1-4-5-6-7-8-9-10-11-14(18)16-12-15(2,3)13-17/h17H,4-13H2,1-3H3,(H,16,18). The number of unbranched alkanes of at least 4 members (excludes halogenated alkanes) is 6. The van der Waals surface area contributed by atoms with Gasteiger partial charge in [0.15, 0.2) is 0 Å². The molecule has 0 saturated carbocycles. The van der Waals surface area contributed by atoms with Crippen LogP contribution < -0.4 is 5.32 Å². The first kappa shape index (κ1) is 17.4. The van der Waals surface area contributed by atoms with Crippen molar-refractivity contribution in [1.29, 1.82) is 0 Å². The lowest BCUT2D eigenvalue weighted by atomic mass is 9.95. The maximum Gasteiger partial charge on any atom is 0.220 e. The lowest BCUT2D eigenvalue weighted by Gasteiger charge is -2.21. The van der Waals surface area contributed by atoms with Crippen LogP contribution in [0.4, 0.5) is 0 Å². The van der Waals surface area contributed by atoms with Crippen molar-refractivity contribution < 1.29 is 9.90 Å². The van der Waals surface area contributed by atoms with Gasteiger partial charge >= 0.3 is 0 Å². The summed E-state index contributed by atoms with van der Waals surface area (Å²) in [5.41, 5.74) is -0.212.